The second kappa shape index (κ2) is 3.74. The number of hydrogen-bond donors (Lipinski definition) is 1. The van der Waals surface area contributed by atoms with Crippen molar-refractivity contribution in [1.29, 1.82) is 0 Å². The summed E-state index contributed by atoms with van der Waals surface area (Å²) in [5, 5.41) is 0. The smallest absolute Gasteiger partial charge is 0.257 e. The van der Waals surface area contributed by atoms with Crippen molar-refractivity contribution < 1.29 is 17.6 Å². The van der Waals surface area contributed by atoms with Crippen LogP contribution in [0.3, 0.4) is 0 Å². The summed E-state index contributed by atoms with van der Waals surface area (Å²) in [6.45, 7) is 0. The van der Waals surface area contributed by atoms with E-state index in [9.17, 15) is 17.6 Å². The first kappa shape index (κ1) is 9.98. The molecule has 0 unspecified atom stereocenters. The Hall–Kier alpha value is -1.10. The zero-order valence-electron chi connectivity index (χ0n) is 6.48. The van der Waals surface area contributed by atoms with Crippen LogP contribution >= 0.6 is 0 Å². The van der Waals surface area contributed by atoms with Crippen LogP contribution in [-0.4, -0.2) is 6.43 Å². The highest BCUT2D eigenvalue weighted by Crippen LogP contribution is 2.19. The van der Waals surface area contributed by atoms with E-state index >= 15 is 0 Å². The van der Waals surface area contributed by atoms with Crippen molar-refractivity contribution >= 4 is 0 Å². The fourth-order valence-corrected chi connectivity index (χ4v) is 0.913. The van der Waals surface area contributed by atoms with Gasteiger partial charge >= 0.3 is 0 Å². The maximum Gasteiger partial charge on any atom is 0.257 e. The number of rotatable bonds is 2. The molecule has 1 aromatic carbocycles. The molecule has 0 saturated carbocycles. The van der Waals surface area contributed by atoms with Crippen molar-refractivity contribution in [3.05, 3.63) is 35.4 Å². The van der Waals surface area contributed by atoms with Crippen LogP contribution in [0.2, 0.25) is 0 Å². The summed E-state index contributed by atoms with van der Waals surface area (Å²) < 4.78 is 49.0. The van der Waals surface area contributed by atoms with E-state index in [2.05, 4.69) is 0 Å². The van der Waals surface area contributed by atoms with E-state index in [-0.39, 0.29) is 5.56 Å². The van der Waals surface area contributed by atoms with Gasteiger partial charge in [0.15, 0.2) is 0 Å². The molecule has 1 aromatic rings. The maximum absolute atomic E-state index is 12.5. The van der Waals surface area contributed by atoms with Crippen LogP contribution in [0.5, 0.6) is 0 Å². The maximum atomic E-state index is 12.5. The molecule has 0 saturated heterocycles. The van der Waals surface area contributed by atoms with Crippen LogP contribution in [0.4, 0.5) is 17.6 Å². The molecule has 1 atom stereocenters. The molecule has 0 aliphatic heterocycles. The van der Waals surface area contributed by atoms with Gasteiger partial charge in [-0.1, -0.05) is 0 Å². The Kier molecular flexibility index (Phi) is 2.87. The van der Waals surface area contributed by atoms with Gasteiger partial charge in [-0.3, -0.25) is 0 Å². The van der Waals surface area contributed by atoms with Crippen molar-refractivity contribution in [3.63, 3.8) is 0 Å². The SMILES string of the molecule is N[C@@H](c1cc(F)cc(F)c1)C(F)F. The Morgan fingerprint density at radius 1 is 1.00 bits per heavy atom. The molecule has 0 spiro atoms. The molecule has 13 heavy (non-hydrogen) atoms. The van der Waals surface area contributed by atoms with E-state index in [0.717, 1.165) is 12.1 Å². The Morgan fingerprint density at radius 2 is 1.46 bits per heavy atom. The number of halogens is 4. The Morgan fingerprint density at radius 3 is 1.85 bits per heavy atom. The summed E-state index contributed by atoms with van der Waals surface area (Å²) in [6, 6.07) is 0.534. The average molecular weight is 193 g/mol. The summed E-state index contributed by atoms with van der Waals surface area (Å²) in [5.74, 6) is -1.82. The van der Waals surface area contributed by atoms with Crippen LogP contribution in [-0.2, 0) is 0 Å². The third-order valence-electron chi connectivity index (χ3n) is 1.54. The fourth-order valence-electron chi connectivity index (χ4n) is 0.913. The summed E-state index contributed by atoms with van der Waals surface area (Å²) >= 11 is 0. The minimum atomic E-state index is -2.83. The molecule has 0 bridgehead atoms. The average Bonchev–Trinajstić information content (AvgIpc) is 2.01. The standard InChI is InChI=1S/C8H7F4N/c9-5-1-4(2-6(10)3-5)7(13)8(11)12/h1-3,7-8H,13H2/t7-/m0/s1. The summed E-state index contributed by atoms with van der Waals surface area (Å²) in [5.41, 5.74) is 4.75. The van der Waals surface area contributed by atoms with E-state index in [1.54, 1.807) is 0 Å². The lowest BCUT2D eigenvalue weighted by molar-refractivity contribution is 0.116. The quantitative estimate of drug-likeness (QED) is 0.716. The first-order valence-corrected chi connectivity index (χ1v) is 3.50. The van der Waals surface area contributed by atoms with Gasteiger partial charge in [0.05, 0.1) is 6.04 Å². The van der Waals surface area contributed by atoms with Gasteiger partial charge in [0.25, 0.3) is 6.43 Å². The zero-order valence-corrected chi connectivity index (χ0v) is 6.48. The van der Waals surface area contributed by atoms with E-state index in [1.807, 2.05) is 0 Å². The lowest BCUT2D eigenvalue weighted by atomic mass is 10.1. The minimum absolute atomic E-state index is 0.243. The molecule has 0 radical (unpaired) electrons. The third-order valence-corrected chi connectivity index (χ3v) is 1.54. The molecule has 0 aromatic heterocycles. The van der Waals surface area contributed by atoms with Gasteiger partial charge in [0.2, 0.25) is 0 Å². The van der Waals surface area contributed by atoms with Gasteiger partial charge in [-0.15, -0.1) is 0 Å². The molecule has 2 N–H and O–H groups in total. The van der Waals surface area contributed by atoms with E-state index < -0.39 is 24.1 Å². The molecule has 0 fully saturated rings. The lowest BCUT2D eigenvalue weighted by Gasteiger charge is -2.10. The molecule has 0 heterocycles. The van der Waals surface area contributed by atoms with Crippen molar-refractivity contribution in [3.8, 4) is 0 Å². The highest BCUT2D eigenvalue weighted by molar-refractivity contribution is 5.21. The summed E-state index contributed by atoms with van der Waals surface area (Å²) in [4.78, 5) is 0. The summed E-state index contributed by atoms with van der Waals surface area (Å²) in [6.07, 6.45) is -2.83. The number of alkyl halides is 2. The van der Waals surface area contributed by atoms with Gasteiger partial charge in [0, 0.05) is 6.07 Å². The Bertz CT molecular complexity index is 280. The lowest BCUT2D eigenvalue weighted by Crippen LogP contribution is -2.19. The van der Waals surface area contributed by atoms with Crippen molar-refractivity contribution in [2.75, 3.05) is 0 Å². The molecular formula is C8H7F4N. The van der Waals surface area contributed by atoms with Gasteiger partial charge in [-0.05, 0) is 17.7 Å². The van der Waals surface area contributed by atoms with Crippen LogP contribution in [0.1, 0.15) is 11.6 Å². The van der Waals surface area contributed by atoms with Gasteiger partial charge in [-0.25, -0.2) is 17.6 Å². The van der Waals surface area contributed by atoms with Crippen molar-refractivity contribution in [2.24, 2.45) is 5.73 Å². The third kappa shape index (κ3) is 2.42. The molecule has 5 heteroatoms. The van der Waals surface area contributed by atoms with Gasteiger partial charge in [-0.2, -0.15) is 0 Å². The van der Waals surface area contributed by atoms with E-state index in [0.29, 0.717) is 6.07 Å². The van der Waals surface area contributed by atoms with E-state index in [1.165, 1.54) is 0 Å². The molecule has 0 aliphatic rings. The predicted molar refractivity (Wildman–Crippen MR) is 39.3 cm³/mol. The van der Waals surface area contributed by atoms with Crippen LogP contribution in [0, 0.1) is 11.6 Å². The van der Waals surface area contributed by atoms with Crippen LogP contribution in [0.15, 0.2) is 18.2 Å². The normalized spacial score (nSPS) is 13.4. The van der Waals surface area contributed by atoms with Crippen molar-refractivity contribution in [2.45, 2.75) is 12.5 Å². The first-order chi connectivity index (χ1) is 6.00. The number of benzene rings is 1. The Labute approximate surface area is 72.2 Å². The minimum Gasteiger partial charge on any atom is -0.319 e. The second-order valence-electron chi connectivity index (χ2n) is 2.56. The number of nitrogens with two attached hydrogens (primary N) is 1. The molecule has 1 rings (SSSR count). The fraction of sp³-hybridized carbons (Fsp3) is 0.250. The predicted octanol–water partition coefficient (Wildman–Crippen LogP) is 2.23. The molecular weight excluding hydrogens is 186 g/mol. The Balaban J connectivity index is 3.01. The van der Waals surface area contributed by atoms with Crippen LogP contribution < -0.4 is 5.73 Å². The molecule has 0 aliphatic carbocycles. The zero-order chi connectivity index (χ0) is 10.0. The largest absolute Gasteiger partial charge is 0.319 e. The van der Waals surface area contributed by atoms with Crippen molar-refractivity contribution in [1.82, 2.24) is 0 Å². The molecule has 72 valence electrons. The topological polar surface area (TPSA) is 26.0 Å². The molecule has 0 amide bonds. The first-order valence-electron chi connectivity index (χ1n) is 3.50. The number of hydrogen-bond acceptors (Lipinski definition) is 1. The van der Waals surface area contributed by atoms with Gasteiger partial charge in [0.1, 0.15) is 11.6 Å². The highest BCUT2D eigenvalue weighted by Gasteiger charge is 2.18. The van der Waals surface area contributed by atoms with Crippen LogP contribution in [0.25, 0.3) is 0 Å². The highest BCUT2D eigenvalue weighted by atomic mass is 19.3. The van der Waals surface area contributed by atoms with E-state index in [4.69, 9.17) is 5.73 Å². The monoisotopic (exact) mass is 193 g/mol. The summed E-state index contributed by atoms with van der Waals surface area (Å²) in [7, 11) is 0. The second-order valence-corrected chi connectivity index (χ2v) is 2.56. The van der Waals surface area contributed by atoms with Gasteiger partial charge < -0.3 is 5.73 Å². The molecule has 1 nitrogen and oxygen atoms in total.